The number of ether oxygens (including phenoxy) is 2. The van der Waals surface area contributed by atoms with Crippen molar-refractivity contribution in [1.29, 1.82) is 0 Å². The van der Waals surface area contributed by atoms with Crippen LogP contribution in [0, 0.1) is 0 Å². The Balaban J connectivity index is 1.67. The van der Waals surface area contributed by atoms with E-state index in [1.807, 2.05) is 31.9 Å². The first-order valence-electron chi connectivity index (χ1n) is 11.7. The maximum Gasteiger partial charge on any atom is 0.352 e. The molecule has 10 nitrogen and oxygen atoms in total. The number of methoxy groups -OCH3 is 1. The number of aryl methyl sites for hydroxylation is 1. The van der Waals surface area contributed by atoms with Crippen molar-refractivity contribution in [2.45, 2.75) is 45.7 Å². The Morgan fingerprint density at radius 2 is 1.83 bits per heavy atom. The van der Waals surface area contributed by atoms with Gasteiger partial charge in [0.2, 0.25) is 5.91 Å². The summed E-state index contributed by atoms with van der Waals surface area (Å²) in [5.74, 6) is -0.379. The second-order valence-corrected chi connectivity index (χ2v) is 8.73. The van der Waals surface area contributed by atoms with Crippen molar-refractivity contribution in [3.63, 3.8) is 0 Å². The fourth-order valence-electron chi connectivity index (χ4n) is 4.34. The van der Waals surface area contributed by atoms with Crippen LogP contribution in [-0.4, -0.2) is 71.7 Å². The van der Waals surface area contributed by atoms with Gasteiger partial charge >= 0.3 is 5.97 Å². The molecule has 0 spiro atoms. The zero-order valence-corrected chi connectivity index (χ0v) is 21.1. The van der Waals surface area contributed by atoms with Crippen LogP contribution in [0.3, 0.4) is 0 Å². The third kappa shape index (κ3) is 5.36. The van der Waals surface area contributed by atoms with Gasteiger partial charge < -0.3 is 34.3 Å². The van der Waals surface area contributed by atoms with Crippen molar-refractivity contribution in [3.05, 3.63) is 35.7 Å². The van der Waals surface area contributed by atoms with Gasteiger partial charge in [-0.15, -0.1) is 0 Å². The number of fused-ring (bicyclic) bond motifs is 1. The molecule has 2 heterocycles. The summed E-state index contributed by atoms with van der Waals surface area (Å²) in [6.07, 6.45) is 2.19. The minimum Gasteiger partial charge on any atom is -0.493 e. The van der Waals surface area contributed by atoms with E-state index in [1.54, 1.807) is 19.3 Å². The van der Waals surface area contributed by atoms with Crippen LogP contribution in [0.25, 0.3) is 0 Å². The van der Waals surface area contributed by atoms with Gasteiger partial charge in [-0.1, -0.05) is 0 Å². The average Bonchev–Trinajstić information content (AvgIpc) is 3.17. The molecule has 1 aliphatic heterocycles. The number of carboxylic acid groups (broad SMARTS) is 1. The molecule has 2 atom stereocenters. The van der Waals surface area contributed by atoms with Crippen molar-refractivity contribution in [1.82, 2.24) is 9.47 Å². The number of hydrogen-bond donors (Lipinski definition) is 2. The summed E-state index contributed by atoms with van der Waals surface area (Å²) in [4.78, 5) is 40.6. The first-order valence-corrected chi connectivity index (χ1v) is 11.7. The Kier molecular flexibility index (Phi) is 7.93. The average molecular weight is 487 g/mol. The van der Waals surface area contributed by atoms with E-state index in [1.165, 1.54) is 17.7 Å². The molecule has 0 saturated carbocycles. The SMILES string of the molecule is CCN1C(=O)c2cc(OC)c(OCCCC(=O)Nc3cc(C(=O)O)n(C)c3)cc2N(C)C(C)C1C. The van der Waals surface area contributed by atoms with Crippen LogP contribution in [0.2, 0.25) is 0 Å². The highest BCUT2D eigenvalue weighted by molar-refractivity contribution is 6.01. The molecule has 1 aromatic carbocycles. The number of benzene rings is 1. The van der Waals surface area contributed by atoms with Crippen LogP contribution < -0.4 is 19.7 Å². The lowest BCUT2D eigenvalue weighted by Crippen LogP contribution is -2.47. The summed E-state index contributed by atoms with van der Waals surface area (Å²) in [5.41, 5.74) is 1.86. The van der Waals surface area contributed by atoms with Crippen molar-refractivity contribution in [3.8, 4) is 11.5 Å². The zero-order valence-electron chi connectivity index (χ0n) is 21.1. The highest BCUT2D eigenvalue weighted by Crippen LogP contribution is 2.38. The molecule has 0 fully saturated rings. The molecule has 0 bridgehead atoms. The van der Waals surface area contributed by atoms with Crippen molar-refractivity contribution in [2.75, 3.05) is 37.5 Å². The van der Waals surface area contributed by atoms with Gasteiger partial charge in [0.25, 0.3) is 5.91 Å². The molecule has 190 valence electrons. The van der Waals surface area contributed by atoms with E-state index in [2.05, 4.69) is 17.1 Å². The lowest BCUT2D eigenvalue weighted by Gasteiger charge is -2.34. The summed E-state index contributed by atoms with van der Waals surface area (Å²) in [5, 5.41) is 11.8. The van der Waals surface area contributed by atoms with Gasteiger partial charge in [-0.25, -0.2) is 4.79 Å². The molecule has 2 aromatic rings. The molecule has 2 unspecified atom stereocenters. The van der Waals surface area contributed by atoms with E-state index in [4.69, 9.17) is 14.6 Å². The van der Waals surface area contributed by atoms with Crippen LogP contribution in [0.5, 0.6) is 11.5 Å². The van der Waals surface area contributed by atoms with Gasteiger partial charge in [0.05, 0.1) is 30.7 Å². The van der Waals surface area contributed by atoms with Gasteiger partial charge in [0.15, 0.2) is 11.5 Å². The summed E-state index contributed by atoms with van der Waals surface area (Å²) in [6.45, 7) is 6.99. The van der Waals surface area contributed by atoms with Gasteiger partial charge in [0, 0.05) is 51.4 Å². The second kappa shape index (κ2) is 10.7. The maximum atomic E-state index is 13.2. The number of carboxylic acids is 1. The highest BCUT2D eigenvalue weighted by Gasteiger charge is 2.34. The molecule has 0 saturated heterocycles. The smallest absolute Gasteiger partial charge is 0.352 e. The quantitative estimate of drug-likeness (QED) is 0.523. The Bertz CT molecular complexity index is 1110. The molecule has 3 rings (SSSR count). The second-order valence-electron chi connectivity index (χ2n) is 8.73. The number of aromatic carboxylic acids is 1. The molecular weight excluding hydrogens is 452 g/mol. The summed E-state index contributed by atoms with van der Waals surface area (Å²) < 4.78 is 12.9. The summed E-state index contributed by atoms with van der Waals surface area (Å²) in [7, 11) is 5.10. The normalized spacial score (nSPS) is 17.6. The lowest BCUT2D eigenvalue weighted by molar-refractivity contribution is -0.116. The summed E-state index contributed by atoms with van der Waals surface area (Å²) in [6, 6.07) is 5.10. The van der Waals surface area contributed by atoms with E-state index >= 15 is 0 Å². The fraction of sp³-hybridized carbons (Fsp3) is 0.480. The first-order chi connectivity index (χ1) is 16.6. The number of likely N-dealkylation sites (N-methyl/N-ethyl adjacent to an activating group) is 2. The number of carbonyl (C=O) groups excluding carboxylic acids is 2. The third-order valence-electron chi connectivity index (χ3n) is 6.61. The van der Waals surface area contributed by atoms with E-state index in [0.717, 1.165) is 5.69 Å². The van der Waals surface area contributed by atoms with Crippen molar-refractivity contribution < 1.29 is 29.0 Å². The van der Waals surface area contributed by atoms with Crippen LogP contribution in [0.1, 0.15) is 54.5 Å². The monoisotopic (exact) mass is 486 g/mol. The molecule has 2 amide bonds. The van der Waals surface area contributed by atoms with Crippen molar-refractivity contribution >= 4 is 29.2 Å². The lowest BCUT2D eigenvalue weighted by atomic mass is 10.1. The predicted octanol–water partition coefficient (Wildman–Crippen LogP) is 3.22. The number of rotatable bonds is 9. The Morgan fingerprint density at radius 1 is 1.11 bits per heavy atom. The standard InChI is InChI=1S/C25H34N4O6/c1-7-29-16(3)15(2)28(5)19-13-22(21(34-6)12-18(19)24(29)31)35-10-8-9-23(30)26-17-11-20(25(32)33)27(4)14-17/h11-16H,7-10H2,1-6H3,(H,26,30)(H,32,33). The van der Waals surface area contributed by atoms with E-state index < -0.39 is 5.97 Å². The number of nitrogens with zero attached hydrogens (tertiary/aromatic N) is 3. The minimum absolute atomic E-state index is 0.0370. The Hall–Kier alpha value is -3.69. The first kappa shape index (κ1) is 25.9. The van der Waals surface area contributed by atoms with Crippen LogP contribution >= 0.6 is 0 Å². The highest BCUT2D eigenvalue weighted by atomic mass is 16.5. The number of amides is 2. The number of anilines is 2. The zero-order chi connectivity index (χ0) is 25.9. The molecule has 2 N–H and O–H groups in total. The topological polar surface area (TPSA) is 113 Å². The molecular formula is C25H34N4O6. The fourth-order valence-corrected chi connectivity index (χ4v) is 4.34. The minimum atomic E-state index is -1.06. The number of aromatic nitrogens is 1. The number of hydrogen-bond acceptors (Lipinski definition) is 6. The molecule has 0 radical (unpaired) electrons. The van der Waals surface area contributed by atoms with Crippen LogP contribution in [0.4, 0.5) is 11.4 Å². The Morgan fingerprint density at radius 3 is 2.43 bits per heavy atom. The number of carbonyl (C=O) groups is 3. The molecule has 0 aliphatic carbocycles. The largest absolute Gasteiger partial charge is 0.493 e. The molecule has 35 heavy (non-hydrogen) atoms. The molecule has 10 heteroatoms. The van der Waals surface area contributed by atoms with Crippen LogP contribution in [-0.2, 0) is 11.8 Å². The van der Waals surface area contributed by atoms with Gasteiger partial charge in [-0.05, 0) is 39.3 Å². The van der Waals surface area contributed by atoms with E-state index in [0.29, 0.717) is 35.7 Å². The van der Waals surface area contributed by atoms with Gasteiger partial charge in [-0.3, -0.25) is 9.59 Å². The van der Waals surface area contributed by atoms with Gasteiger partial charge in [0.1, 0.15) is 5.69 Å². The van der Waals surface area contributed by atoms with Gasteiger partial charge in [-0.2, -0.15) is 0 Å². The number of nitrogens with one attached hydrogen (secondary N) is 1. The predicted molar refractivity (Wildman–Crippen MR) is 133 cm³/mol. The van der Waals surface area contributed by atoms with E-state index in [-0.39, 0.29) is 42.6 Å². The third-order valence-corrected chi connectivity index (χ3v) is 6.61. The van der Waals surface area contributed by atoms with E-state index in [9.17, 15) is 14.4 Å². The summed E-state index contributed by atoms with van der Waals surface area (Å²) >= 11 is 0. The molecule has 1 aromatic heterocycles. The maximum absolute atomic E-state index is 13.2. The molecule has 1 aliphatic rings. The Labute approximate surface area is 205 Å². The van der Waals surface area contributed by atoms with Crippen LogP contribution in [0.15, 0.2) is 24.4 Å². The van der Waals surface area contributed by atoms with Crippen molar-refractivity contribution in [2.24, 2.45) is 7.05 Å².